The van der Waals surface area contributed by atoms with Crippen molar-refractivity contribution in [2.75, 3.05) is 0 Å². The Morgan fingerprint density at radius 3 is 2.65 bits per heavy atom. The molecule has 0 aliphatic carbocycles. The van der Waals surface area contributed by atoms with Crippen LogP contribution in [0, 0.1) is 0 Å². The van der Waals surface area contributed by atoms with Crippen molar-refractivity contribution in [2.45, 2.75) is 0 Å². The number of carbonyl (C=O) groups excluding carboxylic acids is 1. The third-order valence-electron chi connectivity index (χ3n) is 3.02. The van der Waals surface area contributed by atoms with E-state index in [1.165, 1.54) is 0 Å². The van der Waals surface area contributed by atoms with E-state index in [-0.39, 0.29) is 0 Å². The fraction of sp³-hybridized carbons (Fsp3) is 0. The minimum absolute atomic E-state index is 0.496. The Kier molecular flexibility index (Phi) is 2.13. The summed E-state index contributed by atoms with van der Waals surface area (Å²) in [6.07, 6.45) is 12.7. The van der Waals surface area contributed by atoms with Gasteiger partial charge in [0.1, 0.15) is 24.4 Å². The highest BCUT2D eigenvalue weighted by Crippen LogP contribution is 2.31. The number of quaternary nitrogens is 1. The van der Waals surface area contributed by atoms with Crippen LogP contribution >= 0.6 is 0 Å². The van der Waals surface area contributed by atoms with Gasteiger partial charge in [-0.05, 0) is 24.3 Å². The number of nitrogens with zero attached hydrogens (tertiary/aromatic N) is 2. The van der Waals surface area contributed by atoms with Crippen molar-refractivity contribution in [1.82, 2.24) is 4.48 Å². The molecule has 2 aliphatic heterocycles. The van der Waals surface area contributed by atoms with Crippen molar-refractivity contribution >= 4 is 17.8 Å². The molecule has 2 aliphatic rings. The van der Waals surface area contributed by atoms with Crippen molar-refractivity contribution in [3.63, 3.8) is 0 Å². The molecule has 0 saturated carbocycles. The molecule has 0 N–H and O–H groups in total. The topological polar surface area (TPSA) is 29.4 Å². The maximum Gasteiger partial charge on any atom is 0.242 e. The molecule has 0 saturated heterocycles. The number of aldehydes is 1. The first-order chi connectivity index (χ1) is 8.35. The highest BCUT2D eigenvalue weighted by atomic mass is 16.1. The Morgan fingerprint density at radius 2 is 1.88 bits per heavy atom. The predicted molar refractivity (Wildman–Crippen MR) is 68.5 cm³/mol. The first-order valence-electron chi connectivity index (χ1n) is 5.41. The summed E-state index contributed by atoms with van der Waals surface area (Å²) in [7, 11) is 0. The molecule has 1 aromatic rings. The molecule has 0 fully saturated rings. The summed E-state index contributed by atoms with van der Waals surface area (Å²) >= 11 is 0. The number of hydrogen-bond acceptors (Lipinski definition) is 2. The summed E-state index contributed by atoms with van der Waals surface area (Å²) < 4.78 is 0.496. The summed E-state index contributed by atoms with van der Waals surface area (Å²) in [6.45, 7) is 0. The molecule has 0 radical (unpaired) electrons. The van der Waals surface area contributed by atoms with Crippen LogP contribution in [0.3, 0.4) is 0 Å². The van der Waals surface area contributed by atoms with Crippen LogP contribution in [0.2, 0.25) is 0 Å². The molecule has 0 bridgehead atoms. The van der Waals surface area contributed by atoms with Crippen LogP contribution < -0.4 is 4.48 Å². The minimum Gasteiger partial charge on any atom is -0.298 e. The van der Waals surface area contributed by atoms with Crippen LogP contribution in [-0.4, -0.2) is 12.1 Å². The standard InChI is InChI=1S/C14H11N2O/c17-11-12-4-6-13(7-5-12)16-9-2-1-3-14(16)15-8-10-16/h1-11H/q+1. The van der Waals surface area contributed by atoms with Gasteiger partial charge in [0.25, 0.3) is 0 Å². The molecule has 2 heterocycles. The number of rotatable bonds is 2. The van der Waals surface area contributed by atoms with Crippen LogP contribution in [0.15, 0.2) is 66.1 Å². The normalized spacial score (nSPS) is 24.6. The first-order valence-corrected chi connectivity index (χ1v) is 5.41. The smallest absolute Gasteiger partial charge is 0.242 e. The van der Waals surface area contributed by atoms with Gasteiger partial charge in [-0.25, -0.2) is 0 Å². The van der Waals surface area contributed by atoms with Gasteiger partial charge in [-0.2, -0.15) is 9.48 Å². The molecular formula is C14H11N2O+. The maximum absolute atomic E-state index is 10.7. The van der Waals surface area contributed by atoms with Crippen molar-refractivity contribution in [3.8, 4) is 0 Å². The van der Waals surface area contributed by atoms with Gasteiger partial charge in [-0.1, -0.05) is 0 Å². The van der Waals surface area contributed by atoms with E-state index in [0.29, 0.717) is 10.0 Å². The van der Waals surface area contributed by atoms with E-state index in [1.54, 1.807) is 0 Å². The molecule has 3 heteroatoms. The molecule has 0 amide bonds. The van der Waals surface area contributed by atoms with Crippen molar-refractivity contribution in [1.29, 1.82) is 0 Å². The Balaban J connectivity index is 2.11. The monoisotopic (exact) mass is 223 g/mol. The summed E-state index contributed by atoms with van der Waals surface area (Å²) in [4.78, 5) is 15.0. The molecule has 17 heavy (non-hydrogen) atoms. The predicted octanol–water partition coefficient (Wildman–Crippen LogP) is 2.77. The van der Waals surface area contributed by atoms with Crippen LogP contribution in [0.5, 0.6) is 0 Å². The number of aliphatic imine (C=N–C) groups is 1. The lowest BCUT2D eigenvalue weighted by molar-refractivity contribution is 0.112. The second-order valence-electron chi connectivity index (χ2n) is 3.97. The fourth-order valence-corrected chi connectivity index (χ4v) is 2.11. The number of amidine groups is 1. The van der Waals surface area contributed by atoms with Crippen molar-refractivity contribution in [2.24, 2.45) is 4.99 Å². The average Bonchev–Trinajstić information content (AvgIpc) is 2.84. The van der Waals surface area contributed by atoms with Crippen molar-refractivity contribution in [3.05, 3.63) is 66.7 Å². The van der Waals surface area contributed by atoms with Gasteiger partial charge in [0.2, 0.25) is 5.84 Å². The Labute approximate surface area is 99.3 Å². The largest absolute Gasteiger partial charge is 0.298 e. The number of fused-ring (bicyclic) bond motifs is 1. The lowest BCUT2D eigenvalue weighted by Gasteiger charge is -2.27. The first kappa shape index (κ1) is 9.93. The number of benzene rings is 1. The van der Waals surface area contributed by atoms with Crippen LogP contribution in [0.1, 0.15) is 10.4 Å². The van der Waals surface area contributed by atoms with Gasteiger partial charge >= 0.3 is 0 Å². The van der Waals surface area contributed by atoms with E-state index in [9.17, 15) is 4.79 Å². The van der Waals surface area contributed by atoms with Gasteiger partial charge < -0.3 is 0 Å². The summed E-state index contributed by atoms with van der Waals surface area (Å²) in [6, 6.07) is 7.56. The van der Waals surface area contributed by atoms with Crippen LogP contribution in [-0.2, 0) is 0 Å². The Bertz CT molecular complexity index is 579. The Hall–Kier alpha value is -2.26. The number of carbonyl (C=O) groups is 1. The SMILES string of the molecule is O=Cc1ccc([N+]23C=CC=CC2=NC=C3)cc1. The van der Waals surface area contributed by atoms with E-state index < -0.39 is 0 Å². The minimum atomic E-state index is 0.496. The molecule has 0 spiro atoms. The number of allylic oxidation sites excluding steroid dienone is 2. The van der Waals surface area contributed by atoms with Gasteiger partial charge in [0, 0.05) is 23.8 Å². The van der Waals surface area contributed by atoms with E-state index in [4.69, 9.17) is 0 Å². The van der Waals surface area contributed by atoms with Crippen LogP contribution in [0.4, 0.5) is 5.69 Å². The zero-order chi connectivity index (χ0) is 11.7. The third kappa shape index (κ3) is 1.40. The second kappa shape index (κ2) is 3.64. The van der Waals surface area contributed by atoms with E-state index in [2.05, 4.69) is 11.2 Å². The van der Waals surface area contributed by atoms with Gasteiger partial charge in [-0.15, -0.1) is 0 Å². The lowest BCUT2D eigenvalue weighted by Crippen LogP contribution is -2.42. The molecule has 0 aromatic heterocycles. The highest BCUT2D eigenvalue weighted by molar-refractivity contribution is 6.06. The molecule has 82 valence electrons. The molecular weight excluding hydrogens is 212 g/mol. The molecule has 1 atom stereocenters. The van der Waals surface area contributed by atoms with Gasteiger partial charge in [-0.3, -0.25) is 4.79 Å². The molecule has 1 unspecified atom stereocenters. The zero-order valence-corrected chi connectivity index (χ0v) is 9.15. The summed E-state index contributed by atoms with van der Waals surface area (Å²) in [5.41, 5.74) is 1.76. The van der Waals surface area contributed by atoms with E-state index in [0.717, 1.165) is 17.8 Å². The maximum atomic E-state index is 10.7. The summed E-state index contributed by atoms with van der Waals surface area (Å²) in [5.74, 6) is 0.964. The average molecular weight is 223 g/mol. The Morgan fingerprint density at radius 1 is 1.06 bits per heavy atom. The third-order valence-corrected chi connectivity index (χ3v) is 3.02. The van der Waals surface area contributed by atoms with Gasteiger partial charge in [0.15, 0.2) is 0 Å². The lowest BCUT2D eigenvalue weighted by atomic mass is 10.1. The highest BCUT2D eigenvalue weighted by Gasteiger charge is 2.35. The molecule has 1 aromatic carbocycles. The molecule has 3 rings (SSSR count). The summed E-state index contributed by atoms with van der Waals surface area (Å²) in [5, 5.41) is 0. The zero-order valence-electron chi connectivity index (χ0n) is 9.15. The van der Waals surface area contributed by atoms with E-state index in [1.807, 2.05) is 54.9 Å². The van der Waals surface area contributed by atoms with Gasteiger partial charge in [0.05, 0.1) is 6.20 Å². The quantitative estimate of drug-likeness (QED) is 0.560. The number of hydrogen-bond donors (Lipinski definition) is 0. The van der Waals surface area contributed by atoms with E-state index >= 15 is 0 Å². The fourth-order valence-electron chi connectivity index (χ4n) is 2.11. The molecule has 3 nitrogen and oxygen atoms in total. The van der Waals surface area contributed by atoms with Crippen LogP contribution in [0.25, 0.3) is 0 Å². The van der Waals surface area contributed by atoms with Crippen molar-refractivity contribution < 1.29 is 4.79 Å². The second-order valence-corrected chi connectivity index (χ2v) is 3.97.